The van der Waals surface area contributed by atoms with Crippen LogP contribution in [0.25, 0.3) is 17.0 Å². The van der Waals surface area contributed by atoms with Crippen molar-refractivity contribution in [1.82, 2.24) is 4.90 Å². The first-order chi connectivity index (χ1) is 16.3. The van der Waals surface area contributed by atoms with Gasteiger partial charge in [0.25, 0.3) is 5.91 Å². The van der Waals surface area contributed by atoms with E-state index in [1.165, 1.54) is 12.1 Å². The molecule has 0 spiro atoms. The van der Waals surface area contributed by atoms with Gasteiger partial charge in [-0.2, -0.15) is 0 Å². The van der Waals surface area contributed by atoms with Gasteiger partial charge in [-0.15, -0.1) is 0 Å². The molecule has 3 aromatic rings. The van der Waals surface area contributed by atoms with Crippen LogP contribution in [-0.2, 0) is 9.53 Å². The molecule has 1 heterocycles. The van der Waals surface area contributed by atoms with Crippen molar-refractivity contribution in [3.05, 3.63) is 81.2 Å². The number of rotatable bonds is 9. The van der Waals surface area contributed by atoms with Crippen LogP contribution in [-0.4, -0.2) is 43.0 Å². The third-order valence-electron chi connectivity index (χ3n) is 5.70. The first-order valence-electron chi connectivity index (χ1n) is 11.3. The number of esters is 1. The summed E-state index contributed by atoms with van der Waals surface area (Å²) in [5.41, 5.74) is 3.38. The zero-order chi connectivity index (χ0) is 24.7. The minimum Gasteiger partial charge on any atom is -0.461 e. The lowest BCUT2D eigenvalue weighted by molar-refractivity contribution is -0.138. The zero-order valence-corrected chi connectivity index (χ0v) is 20.0. The first kappa shape index (κ1) is 24.9. The quantitative estimate of drug-likeness (QED) is 0.370. The molecule has 2 aromatic carbocycles. The second kappa shape index (κ2) is 11.4. The van der Waals surface area contributed by atoms with E-state index >= 15 is 0 Å². The lowest BCUT2D eigenvalue weighted by Gasteiger charge is -2.16. The van der Waals surface area contributed by atoms with Gasteiger partial charge in [0, 0.05) is 24.4 Å². The van der Waals surface area contributed by atoms with Gasteiger partial charge in [0.2, 0.25) is 0 Å². The first-order valence-corrected chi connectivity index (χ1v) is 11.3. The van der Waals surface area contributed by atoms with E-state index in [4.69, 9.17) is 9.15 Å². The van der Waals surface area contributed by atoms with Gasteiger partial charge in [0.1, 0.15) is 12.2 Å². The minimum atomic E-state index is -0.501. The largest absolute Gasteiger partial charge is 0.461 e. The Hall–Kier alpha value is -3.71. The molecule has 0 radical (unpaired) electrons. The molecule has 3 rings (SSSR count). The van der Waals surface area contributed by atoms with Gasteiger partial charge < -0.3 is 19.4 Å². The molecule has 0 aliphatic rings. The summed E-state index contributed by atoms with van der Waals surface area (Å²) in [6.45, 7) is 10.9. The van der Waals surface area contributed by atoms with Crippen molar-refractivity contribution < 1.29 is 18.7 Å². The van der Waals surface area contributed by atoms with Crippen molar-refractivity contribution in [1.29, 1.82) is 0 Å². The highest BCUT2D eigenvalue weighted by atomic mass is 16.5. The number of hydrogen-bond acceptors (Lipinski definition) is 6. The molecule has 0 bridgehead atoms. The fraction of sp³-hybridized carbons (Fsp3) is 0.296. The molecule has 0 saturated carbocycles. The van der Waals surface area contributed by atoms with Crippen LogP contribution in [0.3, 0.4) is 0 Å². The van der Waals surface area contributed by atoms with Crippen LogP contribution in [0.5, 0.6) is 0 Å². The Morgan fingerprint density at radius 3 is 2.50 bits per heavy atom. The van der Waals surface area contributed by atoms with Crippen molar-refractivity contribution in [2.45, 2.75) is 27.7 Å². The number of likely N-dealkylation sites (N-methyl/N-ethyl adjacent to an activating group) is 1. The molecule has 0 fully saturated rings. The third kappa shape index (κ3) is 6.42. The van der Waals surface area contributed by atoms with Crippen LogP contribution in [0.4, 0.5) is 5.69 Å². The summed E-state index contributed by atoms with van der Waals surface area (Å²) in [6, 6.07) is 11.7. The maximum Gasteiger partial charge on any atom is 0.330 e. The summed E-state index contributed by atoms with van der Waals surface area (Å²) in [5.74, 6) is -1.02. The number of benzene rings is 2. The third-order valence-corrected chi connectivity index (χ3v) is 5.70. The molecule has 178 valence electrons. The molecular weight excluding hydrogens is 432 g/mol. The topological polar surface area (TPSA) is 88.8 Å². The second-order valence-corrected chi connectivity index (χ2v) is 8.01. The fourth-order valence-electron chi connectivity index (χ4n) is 3.43. The van der Waals surface area contributed by atoms with Gasteiger partial charge in [0.05, 0.1) is 5.39 Å². The Labute approximate surface area is 199 Å². The molecule has 1 amide bonds. The molecule has 34 heavy (non-hydrogen) atoms. The molecule has 1 N–H and O–H groups in total. The SMILES string of the molecule is CCN(CC)CCOC(=O)/C=C/c1ccc2oc(C(=O)Nc3ccc(C)c(C)c3)cc(=O)c2c1. The Morgan fingerprint density at radius 2 is 1.79 bits per heavy atom. The predicted octanol–water partition coefficient (Wildman–Crippen LogP) is 4.56. The summed E-state index contributed by atoms with van der Waals surface area (Å²) < 4.78 is 10.9. The smallest absolute Gasteiger partial charge is 0.330 e. The monoisotopic (exact) mass is 462 g/mol. The van der Waals surface area contributed by atoms with Crippen molar-refractivity contribution >= 4 is 34.6 Å². The zero-order valence-electron chi connectivity index (χ0n) is 20.0. The van der Waals surface area contributed by atoms with E-state index in [1.807, 2.05) is 26.0 Å². The Balaban J connectivity index is 1.69. The van der Waals surface area contributed by atoms with E-state index in [0.717, 1.165) is 24.2 Å². The highest BCUT2D eigenvalue weighted by molar-refractivity contribution is 6.03. The number of anilines is 1. The average molecular weight is 463 g/mol. The van der Waals surface area contributed by atoms with E-state index < -0.39 is 11.9 Å². The normalized spacial score (nSPS) is 11.3. The number of hydrogen-bond donors (Lipinski definition) is 1. The van der Waals surface area contributed by atoms with E-state index in [1.54, 1.807) is 30.3 Å². The van der Waals surface area contributed by atoms with Gasteiger partial charge >= 0.3 is 5.97 Å². The summed E-state index contributed by atoms with van der Waals surface area (Å²) in [6.07, 6.45) is 2.91. The number of aryl methyl sites for hydroxylation is 2. The van der Waals surface area contributed by atoms with Gasteiger partial charge in [-0.25, -0.2) is 4.79 Å². The van der Waals surface area contributed by atoms with Crippen molar-refractivity contribution in [3.63, 3.8) is 0 Å². The number of carbonyl (C=O) groups is 2. The van der Waals surface area contributed by atoms with Gasteiger partial charge in [-0.1, -0.05) is 26.0 Å². The second-order valence-electron chi connectivity index (χ2n) is 8.01. The average Bonchev–Trinajstić information content (AvgIpc) is 2.83. The minimum absolute atomic E-state index is 0.0733. The summed E-state index contributed by atoms with van der Waals surface area (Å²) in [5, 5.41) is 3.08. The van der Waals surface area contributed by atoms with Crippen LogP contribution < -0.4 is 10.7 Å². The molecule has 7 heteroatoms. The number of amides is 1. The lowest BCUT2D eigenvalue weighted by Crippen LogP contribution is -2.27. The summed E-state index contributed by atoms with van der Waals surface area (Å²) in [4.78, 5) is 39.4. The molecule has 7 nitrogen and oxygen atoms in total. The maximum atomic E-state index is 12.6. The highest BCUT2D eigenvalue weighted by Crippen LogP contribution is 2.18. The fourth-order valence-corrected chi connectivity index (χ4v) is 3.43. The van der Waals surface area contributed by atoms with Crippen molar-refractivity contribution in [2.24, 2.45) is 0 Å². The van der Waals surface area contributed by atoms with Crippen molar-refractivity contribution in [3.8, 4) is 0 Å². The Morgan fingerprint density at radius 1 is 1.03 bits per heavy atom. The lowest BCUT2D eigenvalue weighted by atomic mass is 10.1. The highest BCUT2D eigenvalue weighted by Gasteiger charge is 2.13. The van der Waals surface area contributed by atoms with Gasteiger partial charge in [-0.05, 0) is 74.0 Å². The standard InChI is InChI=1S/C27H30N2O5/c1-5-29(6-2)13-14-33-26(31)12-9-20-8-11-24-22(16-20)23(30)17-25(34-24)27(32)28-21-10-7-18(3)19(4)15-21/h7-12,15-17H,5-6,13-14H2,1-4H3,(H,28,32)/b12-9+. The Kier molecular flexibility index (Phi) is 8.38. The summed E-state index contributed by atoms with van der Waals surface area (Å²) in [7, 11) is 0. The number of nitrogens with one attached hydrogen (secondary N) is 1. The maximum absolute atomic E-state index is 12.6. The van der Waals surface area contributed by atoms with Crippen LogP contribution in [0.15, 0.2) is 57.8 Å². The molecular formula is C27H30N2O5. The number of nitrogens with zero attached hydrogens (tertiary/aromatic N) is 1. The van der Waals surface area contributed by atoms with Crippen LogP contribution in [0.2, 0.25) is 0 Å². The molecule has 0 atom stereocenters. The number of carbonyl (C=O) groups excluding carboxylic acids is 2. The van der Waals surface area contributed by atoms with Gasteiger partial charge in [-0.3, -0.25) is 9.59 Å². The van der Waals surface area contributed by atoms with E-state index in [9.17, 15) is 14.4 Å². The molecule has 0 aliphatic carbocycles. The Bertz CT molecular complexity index is 1270. The van der Waals surface area contributed by atoms with E-state index in [0.29, 0.717) is 29.8 Å². The summed E-state index contributed by atoms with van der Waals surface area (Å²) >= 11 is 0. The van der Waals surface area contributed by atoms with Crippen LogP contribution in [0, 0.1) is 13.8 Å². The van der Waals surface area contributed by atoms with E-state index in [2.05, 4.69) is 24.1 Å². The van der Waals surface area contributed by atoms with Crippen LogP contribution >= 0.6 is 0 Å². The number of ether oxygens (including phenoxy) is 1. The molecule has 0 saturated heterocycles. The molecule has 0 aliphatic heterocycles. The predicted molar refractivity (Wildman–Crippen MR) is 134 cm³/mol. The molecule has 1 aromatic heterocycles. The van der Waals surface area contributed by atoms with Gasteiger partial charge in [0.15, 0.2) is 11.2 Å². The molecule has 0 unspecified atom stereocenters. The van der Waals surface area contributed by atoms with E-state index in [-0.39, 0.29) is 16.8 Å². The van der Waals surface area contributed by atoms with Crippen molar-refractivity contribution in [2.75, 3.05) is 31.6 Å². The number of fused-ring (bicyclic) bond motifs is 1. The van der Waals surface area contributed by atoms with Crippen LogP contribution in [0.1, 0.15) is 41.1 Å².